The van der Waals surface area contributed by atoms with Crippen LogP contribution in [0.25, 0.3) is 0 Å². The number of esters is 1. The molecule has 258 valence electrons. The molecular weight excluding hydrogens is 704 g/mol. The first kappa shape index (κ1) is 38.1. The summed E-state index contributed by atoms with van der Waals surface area (Å²) in [4.78, 5) is 66.6. The number of non-ortho nitro benzene ring substituents is 1. The number of carbonyl (C=O) groups is 4. The molecule has 3 atom stereocenters. The fourth-order valence-electron chi connectivity index (χ4n) is 4.61. The summed E-state index contributed by atoms with van der Waals surface area (Å²) in [5, 5.41) is 10.0. The van der Waals surface area contributed by atoms with Gasteiger partial charge in [-0.2, -0.15) is 0 Å². The number of hydrogen-bond acceptors (Lipinski definition) is 10. The number of amides is 1. The van der Waals surface area contributed by atoms with Crippen LogP contribution in [0.3, 0.4) is 0 Å². The van der Waals surface area contributed by atoms with E-state index >= 15 is 0 Å². The molecule has 1 aliphatic heterocycles. The molecule has 0 radical (unpaired) electrons. The molecule has 4 rings (SSSR count). The average molecular weight is 741 g/mol. The van der Waals surface area contributed by atoms with E-state index in [2.05, 4.69) is 33.9 Å². The van der Waals surface area contributed by atoms with Crippen LogP contribution in [0, 0.1) is 16.0 Å². The lowest BCUT2D eigenvalue weighted by atomic mass is 9.92. The Kier molecular flexibility index (Phi) is 12.3. The zero-order valence-electron chi connectivity index (χ0n) is 27.9. The standard InChI is InChI=1S/C35H37ClN2O8S2Si/c1-22(46-49(5,6)35(2,3)4)27-29(36)37(30(27)39)28(31(40)45-21-23-17-19-26(20-18-23)38(43)44)34(47-32(41)24-13-9-7-10-14-24)48-33(42)25-15-11-8-12-16-25/h7-20,22,27,29H,21H2,1-6H3/t22-,27-,29+/m0/s1. The highest BCUT2D eigenvalue weighted by Gasteiger charge is 2.55. The molecule has 10 nitrogen and oxygen atoms in total. The maximum Gasteiger partial charge on any atom is 0.357 e. The van der Waals surface area contributed by atoms with Crippen molar-refractivity contribution in [1.82, 2.24) is 4.90 Å². The van der Waals surface area contributed by atoms with Crippen molar-refractivity contribution in [2.45, 2.75) is 64.0 Å². The molecular formula is C35H37ClN2O8S2Si. The first-order valence-corrected chi connectivity index (χ1v) is 20.3. The second kappa shape index (κ2) is 15.9. The van der Waals surface area contributed by atoms with Gasteiger partial charge in [-0.1, -0.05) is 93.0 Å². The van der Waals surface area contributed by atoms with Crippen molar-refractivity contribution in [3.05, 3.63) is 122 Å². The second-order valence-corrected chi connectivity index (χ2v) is 20.3. The molecule has 0 N–H and O–H groups in total. The molecule has 0 unspecified atom stereocenters. The van der Waals surface area contributed by atoms with Gasteiger partial charge in [0.15, 0.2) is 14.0 Å². The molecule has 1 aliphatic rings. The Hall–Kier alpha value is -3.75. The van der Waals surface area contributed by atoms with E-state index in [0.717, 1.165) is 4.90 Å². The third-order valence-electron chi connectivity index (χ3n) is 8.39. The molecule has 1 amide bonds. The van der Waals surface area contributed by atoms with Gasteiger partial charge in [-0.05, 0) is 66.3 Å². The van der Waals surface area contributed by atoms with E-state index in [4.69, 9.17) is 20.8 Å². The fourth-order valence-corrected chi connectivity index (χ4v) is 8.57. The van der Waals surface area contributed by atoms with Crippen LogP contribution < -0.4 is 0 Å². The largest absolute Gasteiger partial charge is 0.456 e. The van der Waals surface area contributed by atoms with E-state index in [1.54, 1.807) is 67.6 Å². The Labute approximate surface area is 299 Å². The van der Waals surface area contributed by atoms with Gasteiger partial charge >= 0.3 is 5.97 Å². The van der Waals surface area contributed by atoms with Crippen molar-refractivity contribution in [2.75, 3.05) is 0 Å². The van der Waals surface area contributed by atoms with Gasteiger partial charge in [-0.15, -0.1) is 0 Å². The Morgan fingerprint density at radius 3 is 1.84 bits per heavy atom. The number of carbonyl (C=O) groups excluding carboxylic acids is 4. The first-order valence-electron chi connectivity index (χ1n) is 15.4. The van der Waals surface area contributed by atoms with Crippen molar-refractivity contribution in [2.24, 2.45) is 5.92 Å². The fraction of sp³-hybridized carbons (Fsp3) is 0.314. The van der Waals surface area contributed by atoms with Crippen LogP contribution in [0.2, 0.25) is 18.1 Å². The Balaban J connectivity index is 1.75. The van der Waals surface area contributed by atoms with Gasteiger partial charge in [0, 0.05) is 23.3 Å². The SMILES string of the molecule is C[C@H](O[Si](C)(C)C(C)(C)C)[C@@H]1C(=O)N(C(C(=O)OCc2ccc([N+](=O)[O-])cc2)=C(SC(=O)c2ccccc2)SC(=O)c2ccccc2)[C@H]1Cl. The van der Waals surface area contributed by atoms with Crippen molar-refractivity contribution in [3.8, 4) is 0 Å². The van der Waals surface area contributed by atoms with Crippen LogP contribution in [-0.2, 0) is 25.4 Å². The highest BCUT2D eigenvalue weighted by atomic mass is 35.5. The first-order chi connectivity index (χ1) is 23.0. The summed E-state index contributed by atoms with van der Waals surface area (Å²) >= 11 is 8.15. The molecule has 1 fully saturated rings. The molecule has 1 saturated heterocycles. The number of ether oxygens (including phenoxy) is 1. The number of nitro benzene ring substituents is 1. The van der Waals surface area contributed by atoms with E-state index in [0.29, 0.717) is 40.2 Å². The number of rotatable bonds is 12. The Bertz CT molecular complexity index is 1690. The molecule has 3 aromatic rings. The molecule has 0 spiro atoms. The third kappa shape index (κ3) is 9.08. The predicted octanol–water partition coefficient (Wildman–Crippen LogP) is 8.39. The Morgan fingerprint density at radius 2 is 1.41 bits per heavy atom. The van der Waals surface area contributed by atoms with Crippen LogP contribution in [-0.4, -0.2) is 51.9 Å². The molecule has 0 aliphatic carbocycles. The zero-order chi connectivity index (χ0) is 36.1. The number of benzene rings is 3. The summed E-state index contributed by atoms with van der Waals surface area (Å²) in [5.74, 6) is -2.35. The topological polar surface area (TPSA) is 133 Å². The van der Waals surface area contributed by atoms with Gasteiger partial charge in [-0.3, -0.25) is 29.4 Å². The van der Waals surface area contributed by atoms with Gasteiger partial charge in [0.2, 0.25) is 16.1 Å². The molecule has 49 heavy (non-hydrogen) atoms. The molecule has 14 heteroatoms. The van der Waals surface area contributed by atoms with Gasteiger partial charge in [-0.25, -0.2) is 4.79 Å². The summed E-state index contributed by atoms with van der Waals surface area (Å²) in [6.45, 7) is 11.8. The molecule has 0 saturated carbocycles. The van der Waals surface area contributed by atoms with Crippen LogP contribution in [0.5, 0.6) is 0 Å². The van der Waals surface area contributed by atoms with Crippen LogP contribution in [0.15, 0.2) is 94.9 Å². The lowest BCUT2D eigenvalue weighted by molar-refractivity contribution is -0.384. The third-order valence-corrected chi connectivity index (χ3v) is 15.5. The van der Waals surface area contributed by atoms with E-state index in [-0.39, 0.29) is 27.3 Å². The van der Waals surface area contributed by atoms with Gasteiger partial charge < -0.3 is 9.16 Å². The minimum absolute atomic E-state index is 0.0909. The smallest absolute Gasteiger partial charge is 0.357 e. The molecule has 0 bridgehead atoms. The van der Waals surface area contributed by atoms with Crippen molar-refractivity contribution < 1.29 is 33.3 Å². The summed E-state index contributed by atoms with van der Waals surface area (Å²) in [5.41, 5.74) is -0.505. The van der Waals surface area contributed by atoms with Crippen molar-refractivity contribution >= 4 is 71.2 Å². The number of β-lactam (4-membered cyclic amide) rings is 1. The summed E-state index contributed by atoms with van der Waals surface area (Å²) in [6.07, 6.45) is -0.592. The average Bonchev–Trinajstić information content (AvgIpc) is 3.06. The summed E-state index contributed by atoms with van der Waals surface area (Å²) < 4.78 is 12.0. The number of alkyl halides is 1. The number of thioether (sulfide) groups is 2. The predicted molar refractivity (Wildman–Crippen MR) is 194 cm³/mol. The number of halogens is 1. The summed E-state index contributed by atoms with van der Waals surface area (Å²) in [7, 11) is -2.32. The number of nitro groups is 1. The van der Waals surface area contributed by atoms with E-state index in [9.17, 15) is 29.3 Å². The lowest BCUT2D eigenvalue weighted by Gasteiger charge is -2.49. The van der Waals surface area contributed by atoms with Crippen molar-refractivity contribution in [3.63, 3.8) is 0 Å². The number of likely N-dealkylation sites (tertiary alicyclic amines) is 1. The lowest BCUT2D eigenvalue weighted by Crippen LogP contribution is -2.63. The van der Waals surface area contributed by atoms with Crippen LogP contribution in [0.1, 0.15) is 54.0 Å². The zero-order valence-corrected chi connectivity index (χ0v) is 31.3. The van der Waals surface area contributed by atoms with Crippen LogP contribution in [0.4, 0.5) is 5.69 Å². The molecule has 0 aromatic heterocycles. The van der Waals surface area contributed by atoms with E-state index in [1.165, 1.54) is 24.3 Å². The highest BCUT2D eigenvalue weighted by Crippen LogP contribution is 2.46. The van der Waals surface area contributed by atoms with Gasteiger partial charge in [0.1, 0.15) is 12.1 Å². The summed E-state index contributed by atoms with van der Waals surface area (Å²) in [6, 6.07) is 22.0. The Morgan fingerprint density at radius 1 is 0.918 bits per heavy atom. The van der Waals surface area contributed by atoms with Gasteiger partial charge in [0.25, 0.3) is 5.69 Å². The molecule has 3 aromatic carbocycles. The number of hydrogen-bond donors (Lipinski definition) is 0. The maximum atomic E-state index is 14.0. The monoisotopic (exact) mass is 740 g/mol. The van der Waals surface area contributed by atoms with E-state index in [1.807, 2.05) is 0 Å². The quantitative estimate of drug-likeness (QED) is 0.0261. The van der Waals surface area contributed by atoms with Crippen molar-refractivity contribution in [1.29, 1.82) is 0 Å². The molecule has 1 heterocycles. The minimum atomic E-state index is -2.32. The van der Waals surface area contributed by atoms with Crippen LogP contribution >= 0.6 is 35.1 Å². The minimum Gasteiger partial charge on any atom is -0.456 e. The maximum absolute atomic E-state index is 14.0. The second-order valence-electron chi connectivity index (χ2n) is 12.8. The highest BCUT2D eigenvalue weighted by molar-refractivity contribution is 8.35. The number of nitrogens with zero attached hydrogens (tertiary/aromatic N) is 2. The van der Waals surface area contributed by atoms with E-state index < -0.39 is 52.9 Å². The van der Waals surface area contributed by atoms with Gasteiger partial charge in [0.05, 0.1) is 21.2 Å². The normalized spacial score (nSPS) is 16.7.